The van der Waals surface area contributed by atoms with Crippen LogP contribution in [0.15, 0.2) is 158 Å². The van der Waals surface area contributed by atoms with Gasteiger partial charge in [0, 0.05) is 47.6 Å². The van der Waals surface area contributed by atoms with Crippen LogP contribution < -0.4 is 0 Å². The van der Waals surface area contributed by atoms with E-state index in [-0.39, 0.29) is 0 Å². The highest BCUT2D eigenvalue weighted by Gasteiger charge is 2.20. The summed E-state index contributed by atoms with van der Waals surface area (Å²) >= 11 is 1.80. The van der Waals surface area contributed by atoms with Crippen molar-refractivity contribution in [3.8, 4) is 39.9 Å². The topological polar surface area (TPSA) is 43.6 Å². The molecule has 0 spiro atoms. The van der Waals surface area contributed by atoms with E-state index >= 15 is 0 Å². The lowest BCUT2D eigenvalue weighted by molar-refractivity contribution is 1.07. The maximum Gasteiger partial charge on any atom is 0.166 e. The van der Waals surface area contributed by atoms with Crippen LogP contribution in [0, 0.1) is 0 Å². The van der Waals surface area contributed by atoms with Crippen LogP contribution in [0.1, 0.15) is 0 Å². The number of rotatable bonds is 4. The van der Waals surface area contributed by atoms with Crippen molar-refractivity contribution in [1.29, 1.82) is 0 Å². The summed E-state index contributed by atoms with van der Waals surface area (Å²) < 4.78 is 4.86. The maximum absolute atomic E-state index is 5.21. The van der Waals surface area contributed by atoms with Crippen molar-refractivity contribution in [1.82, 2.24) is 19.5 Å². The van der Waals surface area contributed by atoms with Crippen LogP contribution in [0.3, 0.4) is 0 Å². The lowest BCUT2D eigenvalue weighted by atomic mass is 10.1. The lowest BCUT2D eigenvalue weighted by Crippen LogP contribution is -2.03. The van der Waals surface area contributed by atoms with E-state index in [1.54, 1.807) is 11.3 Å². The summed E-state index contributed by atoms with van der Waals surface area (Å²) in [6.45, 7) is 0. The number of nitrogens with zero attached hydrogens (tertiary/aromatic N) is 4. The maximum atomic E-state index is 5.21. The molecular weight excluding hydrogens is 605 g/mol. The van der Waals surface area contributed by atoms with Gasteiger partial charge in [-0.05, 0) is 53.2 Å². The highest BCUT2D eigenvalue weighted by atomic mass is 32.1. The van der Waals surface area contributed by atoms with Gasteiger partial charge in [0.1, 0.15) is 0 Å². The van der Waals surface area contributed by atoms with Crippen molar-refractivity contribution >= 4 is 64.1 Å². The molecule has 10 aromatic rings. The van der Waals surface area contributed by atoms with Gasteiger partial charge in [-0.1, -0.05) is 115 Å². The van der Waals surface area contributed by atoms with Crippen molar-refractivity contribution in [3.05, 3.63) is 158 Å². The predicted octanol–water partition coefficient (Wildman–Crippen LogP) is 11.5. The molecule has 3 heterocycles. The van der Waals surface area contributed by atoms with Crippen LogP contribution in [-0.2, 0) is 0 Å². The summed E-state index contributed by atoms with van der Waals surface area (Å²) in [6, 6.07) is 55.6. The molecule has 0 amide bonds. The Morgan fingerprint density at radius 3 is 1.92 bits per heavy atom. The summed E-state index contributed by atoms with van der Waals surface area (Å²) in [5.74, 6) is 1.94. The van der Waals surface area contributed by atoms with Crippen LogP contribution in [0.5, 0.6) is 0 Å². The van der Waals surface area contributed by atoms with Crippen LogP contribution >= 0.6 is 11.3 Å². The van der Waals surface area contributed by atoms with Crippen molar-refractivity contribution in [2.24, 2.45) is 0 Å². The Kier molecular flexibility index (Phi) is 6.01. The molecule has 0 radical (unpaired) electrons. The molecular formula is C43H26N4S. The molecule has 0 aliphatic rings. The second-order valence-electron chi connectivity index (χ2n) is 12.1. The van der Waals surface area contributed by atoms with Gasteiger partial charge in [0.15, 0.2) is 17.5 Å². The molecule has 0 unspecified atom stereocenters. The van der Waals surface area contributed by atoms with Crippen LogP contribution in [0.4, 0.5) is 0 Å². The number of thiophene rings is 1. The third-order valence-corrected chi connectivity index (χ3v) is 10.4. The van der Waals surface area contributed by atoms with E-state index < -0.39 is 0 Å². The van der Waals surface area contributed by atoms with E-state index in [4.69, 9.17) is 15.0 Å². The molecule has 0 atom stereocenters. The van der Waals surface area contributed by atoms with E-state index in [2.05, 4.69) is 144 Å². The van der Waals surface area contributed by atoms with E-state index in [0.29, 0.717) is 17.5 Å². The molecule has 0 saturated heterocycles. The third kappa shape index (κ3) is 4.25. The summed E-state index contributed by atoms with van der Waals surface area (Å²) in [4.78, 5) is 15.4. The molecule has 5 heteroatoms. The van der Waals surface area contributed by atoms with Gasteiger partial charge in [0.05, 0.1) is 16.7 Å². The first-order valence-electron chi connectivity index (χ1n) is 16.0. The fourth-order valence-corrected chi connectivity index (χ4v) is 8.12. The Bertz CT molecular complexity index is 2850. The zero-order chi connectivity index (χ0) is 31.6. The molecule has 48 heavy (non-hydrogen) atoms. The number of hydrogen-bond acceptors (Lipinski definition) is 4. The van der Waals surface area contributed by atoms with Crippen molar-refractivity contribution < 1.29 is 0 Å². The largest absolute Gasteiger partial charge is 0.308 e. The smallest absolute Gasteiger partial charge is 0.166 e. The number of benzene rings is 7. The molecule has 0 aliphatic heterocycles. The zero-order valence-electron chi connectivity index (χ0n) is 25.7. The third-order valence-electron chi connectivity index (χ3n) is 9.23. The lowest BCUT2D eigenvalue weighted by Gasteiger charge is -2.14. The van der Waals surface area contributed by atoms with Crippen LogP contribution in [0.25, 0.3) is 92.6 Å². The fraction of sp³-hybridized carbons (Fsp3) is 0. The van der Waals surface area contributed by atoms with E-state index in [1.807, 2.05) is 18.2 Å². The Balaban J connectivity index is 1.23. The molecule has 0 bridgehead atoms. The van der Waals surface area contributed by atoms with Gasteiger partial charge >= 0.3 is 0 Å². The van der Waals surface area contributed by atoms with Gasteiger partial charge in [-0.2, -0.15) is 0 Å². The Morgan fingerprint density at radius 1 is 0.396 bits per heavy atom. The first-order valence-corrected chi connectivity index (χ1v) is 16.9. The molecule has 0 aliphatic carbocycles. The molecule has 7 aromatic carbocycles. The Hall–Kier alpha value is -6.17. The summed E-state index contributed by atoms with van der Waals surface area (Å²) in [5, 5.41) is 7.39. The average molecular weight is 631 g/mol. The van der Waals surface area contributed by atoms with Gasteiger partial charge in [0.2, 0.25) is 0 Å². The van der Waals surface area contributed by atoms with Crippen molar-refractivity contribution in [3.63, 3.8) is 0 Å². The SMILES string of the molecule is c1ccc(-c2nc(-c3ccc4c(c3)sc3ccccc34)nc(-c3ccccc3-n3c4ccccc4c4cc5ccccc5cc43)n2)cc1. The number of para-hydroxylation sites is 2. The van der Waals surface area contributed by atoms with Crippen molar-refractivity contribution in [2.45, 2.75) is 0 Å². The van der Waals surface area contributed by atoms with Crippen LogP contribution in [-0.4, -0.2) is 19.5 Å². The minimum Gasteiger partial charge on any atom is -0.308 e. The van der Waals surface area contributed by atoms with Crippen molar-refractivity contribution in [2.75, 3.05) is 0 Å². The summed E-state index contributed by atoms with van der Waals surface area (Å²) in [7, 11) is 0. The molecule has 10 rings (SSSR count). The first kappa shape index (κ1) is 27.0. The molecule has 0 fully saturated rings. The zero-order valence-corrected chi connectivity index (χ0v) is 26.5. The Labute approximate surface area is 280 Å². The minimum atomic E-state index is 0.637. The quantitative estimate of drug-likeness (QED) is 0.194. The van der Waals surface area contributed by atoms with Crippen LogP contribution in [0.2, 0.25) is 0 Å². The normalized spacial score (nSPS) is 11.8. The Morgan fingerprint density at radius 2 is 1.04 bits per heavy atom. The van der Waals surface area contributed by atoms with Gasteiger partial charge < -0.3 is 4.57 Å². The molecule has 0 saturated carbocycles. The minimum absolute atomic E-state index is 0.637. The second-order valence-corrected chi connectivity index (χ2v) is 13.2. The number of aromatic nitrogens is 4. The number of fused-ring (bicyclic) bond motifs is 7. The molecule has 3 aromatic heterocycles. The fourth-order valence-electron chi connectivity index (χ4n) is 6.98. The molecule has 0 N–H and O–H groups in total. The van der Waals surface area contributed by atoms with Gasteiger partial charge in [-0.3, -0.25) is 0 Å². The second kappa shape index (κ2) is 10.7. The van der Waals surface area contributed by atoms with E-state index in [0.717, 1.165) is 33.4 Å². The van der Waals surface area contributed by atoms with Gasteiger partial charge in [0.25, 0.3) is 0 Å². The van der Waals surface area contributed by atoms with Gasteiger partial charge in [-0.25, -0.2) is 15.0 Å². The van der Waals surface area contributed by atoms with Gasteiger partial charge in [-0.15, -0.1) is 11.3 Å². The van der Waals surface area contributed by atoms with E-state index in [1.165, 1.54) is 41.7 Å². The monoisotopic (exact) mass is 630 g/mol. The number of hydrogen-bond donors (Lipinski definition) is 0. The summed E-state index contributed by atoms with van der Waals surface area (Å²) in [6.07, 6.45) is 0. The average Bonchev–Trinajstić information content (AvgIpc) is 3.69. The predicted molar refractivity (Wildman–Crippen MR) is 201 cm³/mol. The first-order chi connectivity index (χ1) is 23.8. The highest BCUT2D eigenvalue weighted by Crippen LogP contribution is 2.39. The highest BCUT2D eigenvalue weighted by molar-refractivity contribution is 7.25. The standard InChI is InChI=1S/C43H26N4S/c1-2-12-27(13-3-1)41-44-42(30-22-23-33-32-17-8-11-21-39(32)48-40(33)26-30)46-43(45-41)34-18-7-10-20-37(34)47-36-19-9-6-16-31(36)35-24-28-14-4-5-15-29(28)25-38(35)47/h1-26H. The van der Waals surface area contributed by atoms with E-state index in [9.17, 15) is 0 Å². The molecule has 4 nitrogen and oxygen atoms in total. The summed E-state index contributed by atoms with van der Waals surface area (Å²) in [5.41, 5.74) is 6.17. The molecule has 224 valence electrons.